The number of likely N-dealkylation sites (N-methyl/N-ethyl adjacent to an activating group) is 1. The minimum Gasteiger partial charge on any atom is -0.357 e. The Morgan fingerprint density at radius 2 is 1.83 bits per heavy atom. The molecule has 1 aliphatic heterocycles. The summed E-state index contributed by atoms with van der Waals surface area (Å²) in [4.78, 5) is 16.3. The van der Waals surface area contributed by atoms with E-state index in [0.29, 0.717) is 13.1 Å². The monoisotopic (exact) mass is 332 g/mol. The Hall–Kier alpha value is -1.54. The molecule has 0 aromatic carbocycles. The molecule has 1 aliphatic rings. The molecule has 1 N–H and O–H groups in total. The second kappa shape index (κ2) is 6.92. The molecule has 2 rings (SSSR count). The fraction of sp³-hybridized carbons (Fsp3) is 0.667. The first-order chi connectivity index (χ1) is 10.7. The number of carbonyl (C=O) groups is 1. The van der Waals surface area contributed by atoms with E-state index >= 15 is 0 Å². The van der Waals surface area contributed by atoms with Gasteiger partial charge in [0, 0.05) is 51.2 Å². The van der Waals surface area contributed by atoms with Crippen LogP contribution in [0.3, 0.4) is 0 Å². The summed E-state index contributed by atoms with van der Waals surface area (Å²) in [5.41, 5.74) is 0.0407. The fourth-order valence-corrected chi connectivity index (χ4v) is 2.69. The van der Waals surface area contributed by atoms with E-state index in [-0.39, 0.29) is 5.56 Å². The summed E-state index contributed by atoms with van der Waals surface area (Å²) in [6.07, 6.45) is -1.62. The van der Waals surface area contributed by atoms with Crippen LogP contribution >= 0.6 is 0 Å². The Bertz CT molecular complexity index is 535. The van der Waals surface area contributed by atoms with E-state index in [1.54, 1.807) is 14.0 Å². The molecule has 0 spiro atoms. The molecule has 1 aromatic rings. The molecule has 0 unspecified atom stereocenters. The van der Waals surface area contributed by atoms with Gasteiger partial charge < -0.3 is 14.8 Å². The molecule has 0 saturated carbocycles. The number of hydrogen-bond acceptors (Lipinski definition) is 3. The van der Waals surface area contributed by atoms with Gasteiger partial charge in [0.15, 0.2) is 6.04 Å². The average Bonchev–Trinajstić information content (AvgIpc) is 2.89. The van der Waals surface area contributed by atoms with Gasteiger partial charge in [-0.1, -0.05) is 0 Å². The summed E-state index contributed by atoms with van der Waals surface area (Å²) >= 11 is 0. The number of aromatic nitrogens is 1. The van der Waals surface area contributed by atoms with E-state index in [4.69, 9.17) is 0 Å². The van der Waals surface area contributed by atoms with E-state index in [2.05, 4.69) is 10.2 Å². The number of piperazine rings is 1. The second-order valence-corrected chi connectivity index (χ2v) is 6.11. The zero-order valence-corrected chi connectivity index (χ0v) is 13.6. The second-order valence-electron chi connectivity index (χ2n) is 6.11. The van der Waals surface area contributed by atoms with Gasteiger partial charge in [-0.2, -0.15) is 13.2 Å². The fourth-order valence-electron chi connectivity index (χ4n) is 2.69. The first-order valence-corrected chi connectivity index (χ1v) is 7.60. The highest BCUT2D eigenvalue weighted by molar-refractivity contribution is 5.81. The van der Waals surface area contributed by atoms with Crippen molar-refractivity contribution in [3.05, 3.63) is 24.0 Å². The molecule has 1 saturated heterocycles. The Kier molecular flexibility index (Phi) is 5.36. The highest BCUT2D eigenvalue weighted by Gasteiger charge is 2.43. The quantitative estimate of drug-likeness (QED) is 0.906. The first-order valence-electron chi connectivity index (χ1n) is 7.60. The van der Waals surface area contributed by atoms with Crippen molar-refractivity contribution in [2.45, 2.75) is 25.2 Å². The van der Waals surface area contributed by atoms with Crippen LogP contribution in [-0.4, -0.2) is 65.7 Å². The van der Waals surface area contributed by atoms with Crippen LogP contribution in [-0.2, 0) is 11.8 Å². The summed E-state index contributed by atoms with van der Waals surface area (Å²) < 4.78 is 41.4. The van der Waals surface area contributed by atoms with E-state index in [1.165, 1.54) is 23.0 Å². The van der Waals surface area contributed by atoms with Crippen molar-refractivity contribution in [3.8, 4) is 0 Å². The summed E-state index contributed by atoms with van der Waals surface area (Å²) in [7, 11) is 3.63. The molecule has 1 aromatic heterocycles. The zero-order valence-electron chi connectivity index (χ0n) is 13.6. The van der Waals surface area contributed by atoms with Crippen molar-refractivity contribution in [1.82, 2.24) is 19.7 Å². The number of nitrogens with zero attached hydrogens (tertiary/aromatic N) is 3. The molecule has 0 radical (unpaired) electrons. The molecular weight excluding hydrogens is 309 g/mol. The van der Waals surface area contributed by atoms with Crippen LogP contribution in [0.5, 0.6) is 0 Å². The smallest absolute Gasteiger partial charge is 0.357 e. The van der Waals surface area contributed by atoms with Crippen molar-refractivity contribution < 1.29 is 18.0 Å². The molecule has 23 heavy (non-hydrogen) atoms. The SMILES string of the molecule is C[C@H](C(=O)N[C@@H](c1ccn(C)c1)C(F)(F)F)N1CCN(C)CC1. The molecule has 2 atom stereocenters. The highest BCUT2D eigenvalue weighted by atomic mass is 19.4. The minimum atomic E-state index is -4.53. The maximum atomic E-state index is 13.3. The van der Waals surface area contributed by atoms with Gasteiger partial charge >= 0.3 is 6.18 Å². The van der Waals surface area contributed by atoms with Gasteiger partial charge in [0.2, 0.25) is 5.91 Å². The predicted octanol–water partition coefficient (Wildman–Crippen LogP) is 1.38. The number of nitrogens with one attached hydrogen (secondary N) is 1. The Morgan fingerprint density at radius 1 is 1.22 bits per heavy atom. The van der Waals surface area contributed by atoms with Crippen LogP contribution in [0.1, 0.15) is 18.5 Å². The molecule has 2 heterocycles. The molecule has 0 aliphatic carbocycles. The molecule has 1 amide bonds. The summed E-state index contributed by atoms with van der Waals surface area (Å²) in [6, 6.07) is -1.19. The number of rotatable bonds is 4. The summed E-state index contributed by atoms with van der Waals surface area (Å²) in [5.74, 6) is -0.597. The van der Waals surface area contributed by atoms with E-state index in [0.717, 1.165) is 13.1 Å². The number of carbonyl (C=O) groups excluding carboxylic acids is 1. The summed E-state index contributed by atoms with van der Waals surface area (Å²) in [6.45, 7) is 4.61. The molecule has 8 heteroatoms. The molecule has 130 valence electrons. The predicted molar refractivity (Wildman–Crippen MR) is 80.9 cm³/mol. The van der Waals surface area contributed by atoms with Crippen molar-refractivity contribution >= 4 is 5.91 Å². The third-order valence-corrected chi connectivity index (χ3v) is 4.27. The lowest BCUT2D eigenvalue weighted by Gasteiger charge is -2.36. The number of hydrogen-bond donors (Lipinski definition) is 1. The van der Waals surface area contributed by atoms with Gasteiger partial charge in [-0.05, 0) is 20.0 Å². The van der Waals surface area contributed by atoms with Crippen molar-refractivity contribution in [2.75, 3.05) is 33.2 Å². The van der Waals surface area contributed by atoms with Crippen LogP contribution in [0.4, 0.5) is 13.2 Å². The number of amides is 1. The normalized spacial score (nSPS) is 20.3. The lowest BCUT2D eigenvalue weighted by molar-refractivity contribution is -0.165. The minimum absolute atomic E-state index is 0.0407. The van der Waals surface area contributed by atoms with E-state index in [9.17, 15) is 18.0 Å². The Labute approximate surface area is 134 Å². The van der Waals surface area contributed by atoms with Gasteiger partial charge in [0.05, 0.1) is 6.04 Å². The van der Waals surface area contributed by atoms with Crippen LogP contribution < -0.4 is 5.32 Å². The molecular formula is C15H23F3N4O. The van der Waals surface area contributed by atoms with Crippen molar-refractivity contribution in [2.24, 2.45) is 7.05 Å². The third-order valence-electron chi connectivity index (χ3n) is 4.27. The molecule has 5 nitrogen and oxygen atoms in total. The van der Waals surface area contributed by atoms with Crippen LogP contribution in [0.2, 0.25) is 0 Å². The molecule has 0 bridgehead atoms. The van der Waals surface area contributed by atoms with E-state index in [1.807, 2.05) is 11.9 Å². The van der Waals surface area contributed by atoms with Crippen LogP contribution in [0.15, 0.2) is 18.5 Å². The van der Waals surface area contributed by atoms with Crippen LogP contribution in [0.25, 0.3) is 0 Å². The lowest BCUT2D eigenvalue weighted by Crippen LogP contribution is -2.54. The van der Waals surface area contributed by atoms with Gasteiger partial charge in [-0.3, -0.25) is 9.69 Å². The highest BCUT2D eigenvalue weighted by Crippen LogP contribution is 2.33. The summed E-state index contributed by atoms with van der Waals surface area (Å²) in [5, 5.41) is 2.16. The Morgan fingerprint density at radius 3 is 2.30 bits per heavy atom. The van der Waals surface area contributed by atoms with E-state index < -0.39 is 24.2 Å². The Balaban J connectivity index is 2.05. The number of aryl methyl sites for hydroxylation is 1. The van der Waals surface area contributed by atoms with Crippen molar-refractivity contribution in [3.63, 3.8) is 0 Å². The molecule has 1 fully saturated rings. The van der Waals surface area contributed by atoms with Crippen LogP contribution in [0, 0.1) is 0 Å². The zero-order chi connectivity index (χ0) is 17.2. The lowest BCUT2D eigenvalue weighted by atomic mass is 10.1. The van der Waals surface area contributed by atoms with Gasteiger partial charge in [0.25, 0.3) is 0 Å². The van der Waals surface area contributed by atoms with Gasteiger partial charge in [-0.25, -0.2) is 0 Å². The maximum Gasteiger partial charge on any atom is 0.412 e. The van der Waals surface area contributed by atoms with Gasteiger partial charge in [-0.15, -0.1) is 0 Å². The standard InChI is InChI=1S/C15H23F3N4O/c1-11(22-8-6-20(2)7-9-22)14(23)19-13(15(16,17)18)12-4-5-21(3)10-12/h4-5,10-11,13H,6-9H2,1-3H3,(H,19,23)/t11-,13+/m1/s1. The first kappa shape index (κ1) is 17.8. The largest absolute Gasteiger partial charge is 0.412 e. The van der Waals surface area contributed by atoms with Gasteiger partial charge in [0.1, 0.15) is 0 Å². The third kappa shape index (κ3) is 4.48. The van der Waals surface area contributed by atoms with Crippen molar-refractivity contribution in [1.29, 1.82) is 0 Å². The average molecular weight is 332 g/mol. The maximum absolute atomic E-state index is 13.3. The number of halogens is 3. The topological polar surface area (TPSA) is 40.5 Å². The number of alkyl halides is 3.